The molecule has 0 fully saturated rings. The molecule has 1 aromatic carbocycles. The molecule has 0 spiro atoms. The summed E-state index contributed by atoms with van der Waals surface area (Å²) in [5.74, 6) is -1.02. The maximum Gasteiger partial charge on any atom is 0.335 e. The van der Waals surface area contributed by atoms with Crippen molar-refractivity contribution in [2.24, 2.45) is 0 Å². The fourth-order valence-electron chi connectivity index (χ4n) is 2.70. The molecule has 0 unspecified atom stereocenters. The lowest BCUT2D eigenvalue weighted by Gasteiger charge is -2.09. The summed E-state index contributed by atoms with van der Waals surface area (Å²) in [6.07, 6.45) is 11.5. The number of carboxylic acids is 1. The van der Waals surface area contributed by atoms with Crippen molar-refractivity contribution in [3.05, 3.63) is 29.3 Å². The van der Waals surface area contributed by atoms with Gasteiger partial charge in [-0.15, -0.1) is 0 Å². The van der Waals surface area contributed by atoms with Crippen LogP contribution < -0.4 is 5.32 Å². The van der Waals surface area contributed by atoms with E-state index < -0.39 is 5.97 Å². The van der Waals surface area contributed by atoms with Crippen LogP contribution in [0.4, 0.5) is 5.69 Å². The van der Waals surface area contributed by atoms with E-state index in [1.807, 2.05) is 6.92 Å². The molecular weight excluding hydrogens is 302 g/mol. The maximum absolute atomic E-state index is 12.0. The van der Waals surface area contributed by atoms with Crippen molar-refractivity contribution in [1.29, 1.82) is 0 Å². The summed E-state index contributed by atoms with van der Waals surface area (Å²) in [6, 6.07) is 4.79. The summed E-state index contributed by atoms with van der Waals surface area (Å²) >= 11 is 0. The smallest absolute Gasteiger partial charge is 0.335 e. The Bertz CT molecular complexity index is 526. The monoisotopic (exact) mass is 333 g/mol. The summed E-state index contributed by atoms with van der Waals surface area (Å²) in [4.78, 5) is 23.0. The highest BCUT2D eigenvalue weighted by Crippen LogP contribution is 2.18. The summed E-state index contributed by atoms with van der Waals surface area (Å²) < 4.78 is 0. The molecule has 0 aliphatic heterocycles. The number of benzene rings is 1. The number of unbranched alkanes of at least 4 members (excludes halogenated alkanes) is 8. The predicted molar refractivity (Wildman–Crippen MR) is 98.6 cm³/mol. The number of aromatic carboxylic acids is 1. The van der Waals surface area contributed by atoms with Gasteiger partial charge in [-0.25, -0.2) is 4.79 Å². The SMILES string of the molecule is CCCCCCCCCCCC(=O)Nc1cc(C(=O)O)ccc1C. The number of aryl methyl sites for hydroxylation is 1. The molecule has 0 heterocycles. The Balaban J connectivity index is 2.20. The van der Waals surface area contributed by atoms with E-state index in [1.54, 1.807) is 12.1 Å². The van der Waals surface area contributed by atoms with Crippen molar-refractivity contribution < 1.29 is 14.7 Å². The first-order valence-corrected chi connectivity index (χ1v) is 9.18. The van der Waals surface area contributed by atoms with Gasteiger partial charge in [-0.2, -0.15) is 0 Å². The first-order chi connectivity index (χ1) is 11.5. The van der Waals surface area contributed by atoms with E-state index in [9.17, 15) is 9.59 Å². The van der Waals surface area contributed by atoms with E-state index in [1.165, 1.54) is 51.0 Å². The largest absolute Gasteiger partial charge is 0.478 e. The van der Waals surface area contributed by atoms with Crippen molar-refractivity contribution in [1.82, 2.24) is 0 Å². The molecule has 1 rings (SSSR count). The molecule has 0 radical (unpaired) electrons. The number of hydrogen-bond acceptors (Lipinski definition) is 2. The molecule has 0 bridgehead atoms. The van der Waals surface area contributed by atoms with Gasteiger partial charge in [0.2, 0.25) is 5.91 Å². The van der Waals surface area contributed by atoms with E-state index in [2.05, 4.69) is 12.2 Å². The van der Waals surface area contributed by atoms with Gasteiger partial charge < -0.3 is 10.4 Å². The average Bonchev–Trinajstić information content (AvgIpc) is 2.55. The quantitative estimate of drug-likeness (QED) is 0.493. The third-order valence-corrected chi connectivity index (χ3v) is 4.27. The van der Waals surface area contributed by atoms with Gasteiger partial charge in [0, 0.05) is 12.1 Å². The van der Waals surface area contributed by atoms with Gasteiger partial charge in [0.05, 0.1) is 5.56 Å². The Labute approximate surface area is 145 Å². The second-order valence-corrected chi connectivity index (χ2v) is 6.46. The van der Waals surface area contributed by atoms with E-state index >= 15 is 0 Å². The van der Waals surface area contributed by atoms with Gasteiger partial charge in [0.1, 0.15) is 0 Å². The molecule has 0 aliphatic rings. The van der Waals surface area contributed by atoms with Crippen LogP contribution >= 0.6 is 0 Å². The van der Waals surface area contributed by atoms with Crippen LogP contribution in [0, 0.1) is 6.92 Å². The second kappa shape index (κ2) is 11.7. The lowest BCUT2D eigenvalue weighted by atomic mass is 10.1. The molecule has 4 nitrogen and oxygen atoms in total. The minimum Gasteiger partial charge on any atom is -0.478 e. The number of nitrogens with one attached hydrogen (secondary N) is 1. The molecule has 1 aromatic rings. The predicted octanol–water partition coefficient (Wildman–Crippen LogP) is 5.55. The van der Waals surface area contributed by atoms with Crippen LogP contribution in [-0.4, -0.2) is 17.0 Å². The highest BCUT2D eigenvalue weighted by atomic mass is 16.4. The van der Waals surface area contributed by atoms with Gasteiger partial charge in [-0.3, -0.25) is 4.79 Å². The molecule has 1 amide bonds. The lowest BCUT2D eigenvalue weighted by molar-refractivity contribution is -0.116. The van der Waals surface area contributed by atoms with Crippen LogP contribution in [-0.2, 0) is 4.79 Å². The third kappa shape index (κ3) is 8.14. The van der Waals surface area contributed by atoms with Crippen molar-refractivity contribution in [3.63, 3.8) is 0 Å². The Morgan fingerprint density at radius 2 is 1.54 bits per heavy atom. The Hall–Kier alpha value is -1.84. The first-order valence-electron chi connectivity index (χ1n) is 9.18. The molecule has 0 aliphatic carbocycles. The van der Waals surface area contributed by atoms with Gasteiger partial charge in [-0.05, 0) is 31.0 Å². The highest BCUT2D eigenvalue weighted by molar-refractivity contribution is 5.94. The minimum atomic E-state index is -0.982. The molecule has 0 aromatic heterocycles. The number of anilines is 1. The van der Waals surface area contributed by atoms with E-state index in [0.717, 1.165) is 18.4 Å². The summed E-state index contributed by atoms with van der Waals surface area (Å²) in [6.45, 7) is 4.09. The zero-order valence-corrected chi connectivity index (χ0v) is 15.1. The maximum atomic E-state index is 12.0. The molecule has 134 valence electrons. The number of carboxylic acid groups (broad SMARTS) is 1. The van der Waals surface area contributed by atoms with Gasteiger partial charge in [0.25, 0.3) is 0 Å². The Morgan fingerprint density at radius 1 is 0.958 bits per heavy atom. The zero-order chi connectivity index (χ0) is 17.8. The van der Waals surface area contributed by atoms with Crippen LogP contribution in [0.15, 0.2) is 18.2 Å². The number of carbonyl (C=O) groups excluding carboxylic acids is 1. The standard InChI is InChI=1S/C20H31NO3/c1-3-4-5-6-7-8-9-10-11-12-19(22)21-18-15-17(20(23)24)14-13-16(18)2/h13-15H,3-12H2,1-2H3,(H,21,22)(H,23,24). The van der Waals surface area contributed by atoms with Crippen molar-refractivity contribution in [2.45, 2.75) is 78.1 Å². The molecule has 4 heteroatoms. The number of amides is 1. The number of hydrogen-bond donors (Lipinski definition) is 2. The highest BCUT2D eigenvalue weighted by Gasteiger charge is 2.09. The fraction of sp³-hybridized carbons (Fsp3) is 0.600. The molecule has 0 saturated heterocycles. The Morgan fingerprint density at radius 3 is 2.12 bits per heavy atom. The zero-order valence-electron chi connectivity index (χ0n) is 15.1. The van der Waals surface area contributed by atoms with Crippen LogP contribution in [0.5, 0.6) is 0 Å². The van der Waals surface area contributed by atoms with Crippen LogP contribution in [0.2, 0.25) is 0 Å². The fourth-order valence-corrected chi connectivity index (χ4v) is 2.70. The van der Waals surface area contributed by atoms with E-state index in [0.29, 0.717) is 12.1 Å². The van der Waals surface area contributed by atoms with Crippen LogP contribution in [0.25, 0.3) is 0 Å². The van der Waals surface area contributed by atoms with Crippen LogP contribution in [0.1, 0.15) is 87.1 Å². The molecule has 24 heavy (non-hydrogen) atoms. The Kier molecular flexibility index (Phi) is 9.81. The second-order valence-electron chi connectivity index (χ2n) is 6.46. The minimum absolute atomic E-state index is 0.0383. The summed E-state index contributed by atoms with van der Waals surface area (Å²) in [5.41, 5.74) is 1.66. The molecule has 0 atom stereocenters. The number of rotatable bonds is 12. The number of carbonyl (C=O) groups is 2. The van der Waals surface area contributed by atoms with Crippen LogP contribution in [0.3, 0.4) is 0 Å². The summed E-state index contributed by atoms with van der Waals surface area (Å²) in [7, 11) is 0. The third-order valence-electron chi connectivity index (χ3n) is 4.27. The molecule has 2 N–H and O–H groups in total. The van der Waals surface area contributed by atoms with Gasteiger partial charge in [-0.1, -0.05) is 64.4 Å². The van der Waals surface area contributed by atoms with Gasteiger partial charge in [0.15, 0.2) is 0 Å². The first kappa shape index (κ1) is 20.2. The van der Waals surface area contributed by atoms with Crippen molar-refractivity contribution in [2.75, 3.05) is 5.32 Å². The van der Waals surface area contributed by atoms with Gasteiger partial charge >= 0.3 is 5.97 Å². The molecule has 0 saturated carbocycles. The van der Waals surface area contributed by atoms with E-state index in [4.69, 9.17) is 5.11 Å². The topological polar surface area (TPSA) is 66.4 Å². The van der Waals surface area contributed by atoms with Crippen molar-refractivity contribution in [3.8, 4) is 0 Å². The average molecular weight is 333 g/mol. The van der Waals surface area contributed by atoms with E-state index in [-0.39, 0.29) is 11.5 Å². The van der Waals surface area contributed by atoms with Crippen molar-refractivity contribution >= 4 is 17.6 Å². The summed E-state index contributed by atoms with van der Waals surface area (Å²) in [5, 5.41) is 11.8. The molecular formula is C20H31NO3. The lowest BCUT2D eigenvalue weighted by Crippen LogP contribution is -2.12. The normalized spacial score (nSPS) is 10.6.